The Morgan fingerprint density at radius 3 is 3.00 bits per heavy atom. The third-order valence-electron chi connectivity index (χ3n) is 3.44. The van der Waals surface area contributed by atoms with Crippen molar-refractivity contribution in [1.82, 2.24) is 29.9 Å². The normalized spacial score (nSPS) is 11.0. The van der Waals surface area contributed by atoms with Gasteiger partial charge in [-0.1, -0.05) is 23.4 Å². The van der Waals surface area contributed by atoms with Crippen LogP contribution in [0.2, 0.25) is 5.02 Å². The molecule has 11 heteroatoms. The van der Waals surface area contributed by atoms with Crippen LogP contribution in [0.4, 0.5) is 0 Å². The molecule has 26 heavy (non-hydrogen) atoms. The molecular weight excluding hydrogens is 460 g/mol. The molecule has 138 valence electrons. The van der Waals surface area contributed by atoms with Crippen LogP contribution in [-0.2, 0) is 18.4 Å². The molecule has 0 atom stereocenters. The van der Waals surface area contributed by atoms with Gasteiger partial charge in [0, 0.05) is 36.2 Å². The largest absolute Gasteiger partial charge is 0.355 e. The number of halogens is 2. The molecule has 0 spiro atoms. The summed E-state index contributed by atoms with van der Waals surface area (Å²) in [6.07, 6.45) is 4.15. The summed E-state index contributed by atoms with van der Waals surface area (Å²) in [5, 5.41) is 18.7. The van der Waals surface area contributed by atoms with Crippen molar-refractivity contribution in [3.05, 3.63) is 33.3 Å². The maximum Gasteiger partial charge on any atom is 0.230 e. The molecule has 0 unspecified atom stereocenters. The molecule has 0 radical (unpaired) electrons. The number of thiophene rings is 1. The first-order valence-corrected chi connectivity index (χ1v) is 10.8. The van der Waals surface area contributed by atoms with Crippen molar-refractivity contribution in [1.29, 1.82) is 0 Å². The van der Waals surface area contributed by atoms with Crippen LogP contribution in [0.3, 0.4) is 0 Å². The predicted octanol–water partition coefficient (Wildman–Crippen LogP) is 3.45. The maximum absolute atomic E-state index is 12.0. The van der Waals surface area contributed by atoms with Gasteiger partial charge in [0.2, 0.25) is 5.91 Å². The van der Waals surface area contributed by atoms with Crippen molar-refractivity contribution in [2.75, 3.05) is 12.3 Å². The second-order valence-corrected chi connectivity index (χ2v) is 8.61. The fourth-order valence-corrected chi connectivity index (χ4v) is 4.54. The number of hydrogen-bond acceptors (Lipinski definition) is 6. The van der Waals surface area contributed by atoms with E-state index in [2.05, 4.69) is 36.5 Å². The average molecular weight is 476 g/mol. The predicted molar refractivity (Wildman–Crippen MR) is 108 cm³/mol. The van der Waals surface area contributed by atoms with Crippen molar-refractivity contribution >= 4 is 56.5 Å². The lowest BCUT2D eigenvalue weighted by atomic mass is 10.4. The summed E-state index contributed by atoms with van der Waals surface area (Å²) >= 11 is 12.2. The molecule has 0 aliphatic carbocycles. The van der Waals surface area contributed by atoms with Crippen LogP contribution >= 0.6 is 50.6 Å². The van der Waals surface area contributed by atoms with E-state index >= 15 is 0 Å². The Hall–Kier alpha value is -1.36. The van der Waals surface area contributed by atoms with Gasteiger partial charge in [-0.25, -0.2) is 0 Å². The van der Waals surface area contributed by atoms with Crippen LogP contribution in [-0.4, -0.2) is 42.7 Å². The first kappa shape index (κ1) is 19.4. The topological polar surface area (TPSA) is 77.6 Å². The molecule has 0 aliphatic heterocycles. The fraction of sp³-hybridized carbons (Fsp3) is 0.333. The Labute approximate surface area is 172 Å². The van der Waals surface area contributed by atoms with Gasteiger partial charge < -0.3 is 9.88 Å². The van der Waals surface area contributed by atoms with Crippen molar-refractivity contribution in [3.63, 3.8) is 0 Å². The number of amides is 1. The molecule has 0 aliphatic rings. The van der Waals surface area contributed by atoms with Crippen LogP contribution in [0.5, 0.6) is 0 Å². The Kier molecular flexibility index (Phi) is 6.74. The molecule has 0 aromatic carbocycles. The number of thioether (sulfide) groups is 1. The zero-order chi connectivity index (χ0) is 18.5. The highest BCUT2D eigenvalue weighted by molar-refractivity contribution is 9.10. The van der Waals surface area contributed by atoms with E-state index in [-0.39, 0.29) is 5.91 Å². The van der Waals surface area contributed by atoms with Crippen LogP contribution in [0, 0.1) is 0 Å². The molecule has 7 nitrogen and oxygen atoms in total. The van der Waals surface area contributed by atoms with Gasteiger partial charge in [0.25, 0.3) is 0 Å². The van der Waals surface area contributed by atoms with Gasteiger partial charge in [-0.3, -0.25) is 9.48 Å². The summed E-state index contributed by atoms with van der Waals surface area (Å²) in [4.78, 5) is 13.0. The van der Waals surface area contributed by atoms with Gasteiger partial charge in [-0.05, 0) is 28.4 Å². The van der Waals surface area contributed by atoms with Gasteiger partial charge in [0.15, 0.2) is 11.0 Å². The molecule has 0 fully saturated rings. The molecule has 1 N–H and O–H groups in total. The van der Waals surface area contributed by atoms with E-state index in [1.807, 2.05) is 23.1 Å². The highest BCUT2D eigenvalue weighted by Crippen LogP contribution is 2.30. The van der Waals surface area contributed by atoms with Crippen molar-refractivity contribution in [2.45, 2.75) is 18.1 Å². The minimum Gasteiger partial charge on any atom is -0.355 e. The minimum absolute atomic E-state index is 0.0306. The van der Waals surface area contributed by atoms with Gasteiger partial charge in [0.05, 0.1) is 21.8 Å². The smallest absolute Gasteiger partial charge is 0.230 e. The summed E-state index contributed by atoms with van der Waals surface area (Å²) in [5.74, 6) is 1.06. The molecule has 1 amide bonds. The van der Waals surface area contributed by atoms with Crippen molar-refractivity contribution in [2.24, 2.45) is 7.05 Å². The second-order valence-electron chi connectivity index (χ2n) is 5.41. The quantitative estimate of drug-likeness (QED) is 0.399. The number of carbonyl (C=O) groups is 1. The van der Waals surface area contributed by atoms with Crippen LogP contribution < -0.4 is 5.32 Å². The number of aromatic nitrogens is 5. The Morgan fingerprint density at radius 1 is 1.46 bits per heavy atom. The minimum atomic E-state index is -0.0306. The van der Waals surface area contributed by atoms with Crippen molar-refractivity contribution in [3.8, 4) is 10.7 Å². The molecule has 3 rings (SSSR count). The summed E-state index contributed by atoms with van der Waals surface area (Å²) in [6, 6.07) is 2.00. The zero-order valence-corrected chi connectivity index (χ0v) is 17.8. The van der Waals surface area contributed by atoms with E-state index in [1.165, 1.54) is 11.8 Å². The number of hydrogen-bond donors (Lipinski definition) is 1. The van der Waals surface area contributed by atoms with Crippen LogP contribution in [0.1, 0.15) is 6.42 Å². The van der Waals surface area contributed by atoms with E-state index in [0.717, 1.165) is 21.6 Å². The number of rotatable bonds is 8. The maximum atomic E-state index is 12.0. The van der Waals surface area contributed by atoms with Gasteiger partial charge in [0.1, 0.15) is 0 Å². The third kappa shape index (κ3) is 5.09. The standard InChI is InChI=1S/C15H16BrClN6OS2/c1-22-14(12-5-10(16)8-25-12)20-21-15(22)26-9-13(24)18-3-2-4-23-7-11(17)6-19-23/h5-8H,2-4,9H2,1H3,(H,18,24). The highest BCUT2D eigenvalue weighted by Gasteiger charge is 2.14. The second kappa shape index (κ2) is 9.03. The number of nitrogens with zero attached hydrogens (tertiary/aromatic N) is 5. The lowest BCUT2D eigenvalue weighted by Gasteiger charge is -2.05. The molecule has 0 saturated heterocycles. The highest BCUT2D eigenvalue weighted by atomic mass is 79.9. The summed E-state index contributed by atoms with van der Waals surface area (Å²) in [7, 11) is 1.90. The van der Waals surface area contributed by atoms with E-state index < -0.39 is 0 Å². The van der Waals surface area contributed by atoms with E-state index in [4.69, 9.17) is 11.6 Å². The fourth-order valence-electron chi connectivity index (χ4n) is 2.20. The van der Waals surface area contributed by atoms with Crippen molar-refractivity contribution < 1.29 is 4.79 Å². The van der Waals surface area contributed by atoms with E-state index in [9.17, 15) is 4.79 Å². The molecule has 0 saturated carbocycles. The molecule has 0 bridgehead atoms. The van der Waals surface area contributed by atoms with Crippen LogP contribution in [0.15, 0.2) is 33.5 Å². The lowest BCUT2D eigenvalue weighted by molar-refractivity contribution is -0.118. The number of aryl methyl sites for hydroxylation is 1. The zero-order valence-electron chi connectivity index (χ0n) is 13.9. The number of carbonyl (C=O) groups excluding carboxylic acids is 1. The molecule has 3 aromatic rings. The van der Waals surface area contributed by atoms with E-state index in [0.29, 0.717) is 29.0 Å². The monoisotopic (exact) mass is 474 g/mol. The number of nitrogens with one attached hydrogen (secondary N) is 1. The summed E-state index contributed by atoms with van der Waals surface area (Å²) in [6.45, 7) is 1.30. The summed E-state index contributed by atoms with van der Waals surface area (Å²) in [5.41, 5.74) is 0. The molecule has 3 aromatic heterocycles. The lowest BCUT2D eigenvalue weighted by Crippen LogP contribution is -2.27. The SMILES string of the molecule is Cn1c(SCC(=O)NCCCn2cc(Cl)cn2)nnc1-c1cc(Br)cs1. The Bertz CT molecular complexity index is 892. The Balaban J connectivity index is 1.42. The van der Waals surface area contributed by atoms with Crippen LogP contribution in [0.25, 0.3) is 10.7 Å². The molecular formula is C15H16BrClN6OS2. The average Bonchev–Trinajstić information content (AvgIpc) is 3.31. The van der Waals surface area contributed by atoms with Gasteiger partial charge >= 0.3 is 0 Å². The van der Waals surface area contributed by atoms with Gasteiger partial charge in [-0.15, -0.1) is 21.5 Å². The van der Waals surface area contributed by atoms with E-state index in [1.54, 1.807) is 28.4 Å². The van der Waals surface area contributed by atoms with Gasteiger partial charge in [-0.2, -0.15) is 5.10 Å². The first-order valence-electron chi connectivity index (χ1n) is 7.74. The summed E-state index contributed by atoms with van der Waals surface area (Å²) < 4.78 is 4.68. The third-order valence-corrected chi connectivity index (χ3v) is 6.35. The Morgan fingerprint density at radius 2 is 2.31 bits per heavy atom. The molecule has 3 heterocycles. The first-order chi connectivity index (χ1) is 12.5.